The summed E-state index contributed by atoms with van der Waals surface area (Å²) in [6, 6.07) is 3.90. The minimum Gasteiger partial charge on any atom is -0.349 e. The van der Waals surface area contributed by atoms with Crippen LogP contribution in [-0.2, 0) is 6.54 Å². The minimum absolute atomic E-state index is 0.129. The number of carbonyl (C=O) groups is 1. The molecule has 6 heteroatoms. The Morgan fingerprint density at radius 3 is 2.90 bits per heavy atom. The number of nitrogens with two attached hydrogens (primary N) is 1. The van der Waals surface area contributed by atoms with Crippen LogP contribution in [0.2, 0.25) is 0 Å². The molecule has 1 atom stereocenters. The molecule has 20 heavy (non-hydrogen) atoms. The number of rotatable bonds is 4. The van der Waals surface area contributed by atoms with Gasteiger partial charge in [-0.3, -0.25) is 14.7 Å². The molecule has 1 unspecified atom stereocenters. The molecule has 1 aliphatic heterocycles. The maximum atomic E-state index is 12.0. The first-order valence-electron chi connectivity index (χ1n) is 6.92. The Morgan fingerprint density at radius 2 is 2.25 bits per heavy atom. The lowest BCUT2D eigenvalue weighted by Crippen LogP contribution is -2.54. The van der Waals surface area contributed by atoms with Gasteiger partial charge in [0.25, 0.3) is 5.91 Å². The van der Waals surface area contributed by atoms with Gasteiger partial charge in [-0.2, -0.15) is 0 Å². The molecule has 3 N–H and O–H groups in total. The first-order valence-corrected chi connectivity index (χ1v) is 6.92. The second-order valence-electron chi connectivity index (χ2n) is 5.36. The smallest absolute Gasteiger partial charge is 0.269 e. The largest absolute Gasteiger partial charge is 0.349 e. The van der Waals surface area contributed by atoms with Gasteiger partial charge in [-0.25, -0.2) is 0 Å². The van der Waals surface area contributed by atoms with Gasteiger partial charge < -0.3 is 16.0 Å². The lowest BCUT2D eigenvalue weighted by atomic mass is 10.2. The average Bonchev–Trinajstić information content (AvgIpc) is 2.48. The highest BCUT2D eigenvalue weighted by Gasteiger charge is 2.22. The third kappa shape index (κ3) is 3.75. The van der Waals surface area contributed by atoms with Gasteiger partial charge >= 0.3 is 0 Å². The van der Waals surface area contributed by atoms with Crippen molar-refractivity contribution in [1.82, 2.24) is 20.1 Å². The molecule has 6 nitrogen and oxygen atoms in total. The first-order chi connectivity index (χ1) is 9.60. The number of hydrogen-bond donors (Lipinski definition) is 2. The van der Waals surface area contributed by atoms with E-state index in [-0.39, 0.29) is 5.91 Å². The van der Waals surface area contributed by atoms with Crippen molar-refractivity contribution in [1.29, 1.82) is 0 Å². The van der Waals surface area contributed by atoms with Gasteiger partial charge in [-0.05, 0) is 25.7 Å². The third-order valence-corrected chi connectivity index (χ3v) is 3.77. The first kappa shape index (κ1) is 14.9. The minimum atomic E-state index is -0.129. The van der Waals surface area contributed by atoms with Crippen molar-refractivity contribution in [3.05, 3.63) is 29.6 Å². The Morgan fingerprint density at radius 1 is 1.45 bits per heavy atom. The number of aromatic nitrogens is 1. The van der Waals surface area contributed by atoms with Gasteiger partial charge in [-0.1, -0.05) is 6.07 Å². The predicted molar refractivity (Wildman–Crippen MR) is 78.4 cm³/mol. The van der Waals surface area contributed by atoms with E-state index in [1.54, 1.807) is 12.3 Å². The molecule has 110 valence electrons. The van der Waals surface area contributed by atoms with Crippen LogP contribution in [0.25, 0.3) is 0 Å². The zero-order chi connectivity index (χ0) is 14.5. The molecule has 0 radical (unpaired) electrons. The summed E-state index contributed by atoms with van der Waals surface area (Å²) in [5.74, 6) is -0.129. The van der Waals surface area contributed by atoms with Gasteiger partial charge in [0, 0.05) is 45.0 Å². The maximum absolute atomic E-state index is 12.0. The van der Waals surface area contributed by atoms with E-state index in [9.17, 15) is 4.79 Å². The number of amides is 1. The van der Waals surface area contributed by atoms with Crippen LogP contribution in [0.15, 0.2) is 18.3 Å². The molecule has 1 aromatic heterocycles. The van der Waals surface area contributed by atoms with Gasteiger partial charge in [0.1, 0.15) is 5.69 Å². The van der Waals surface area contributed by atoms with E-state index in [0.717, 1.165) is 25.2 Å². The molecule has 1 saturated heterocycles. The summed E-state index contributed by atoms with van der Waals surface area (Å²) in [7, 11) is 4.20. The monoisotopic (exact) mass is 277 g/mol. The van der Waals surface area contributed by atoms with Gasteiger partial charge in [-0.15, -0.1) is 0 Å². The van der Waals surface area contributed by atoms with Crippen molar-refractivity contribution in [2.75, 3.05) is 40.3 Å². The van der Waals surface area contributed by atoms with E-state index in [1.807, 2.05) is 6.07 Å². The number of nitrogens with one attached hydrogen (secondary N) is 1. The number of pyridine rings is 1. The Labute approximate surface area is 120 Å². The molecule has 1 aliphatic rings. The van der Waals surface area contributed by atoms with Gasteiger partial charge in [0.15, 0.2) is 0 Å². The second kappa shape index (κ2) is 6.78. The van der Waals surface area contributed by atoms with Crippen molar-refractivity contribution >= 4 is 5.91 Å². The van der Waals surface area contributed by atoms with Crippen LogP contribution in [-0.4, -0.2) is 67.0 Å². The van der Waals surface area contributed by atoms with E-state index in [0.29, 0.717) is 24.8 Å². The number of nitrogens with zero attached hydrogens (tertiary/aromatic N) is 3. The quantitative estimate of drug-likeness (QED) is 0.777. The molecule has 2 heterocycles. The highest BCUT2D eigenvalue weighted by molar-refractivity contribution is 5.92. The third-order valence-electron chi connectivity index (χ3n) is 3.77. The summed E-state index contributed by atoms with van der Waals surface area (Å²) in [5, 5.41) is 2.96. The highest BCUT2D eigenvalue weighted by Crippen LogP contribution is 2.05. The molecule has 2 rings (SSSR count). The van der Waals surface area contributed by atoms with Crippen LogP contribution >= 0.6 is 0 Å². The number of carbonyl (C=O) groups excluding carboxylic acids is 1. The van der Waals surface area contributed by atoms with Gasteiger partial charge in [0.05, 0.1) is 0 Å². The fourth-order valence-electron chi connectivity index (χ4n) is 2.30. The van der Waals surface area contributed by atoms with Crippen LogP contribution in [0.1, 0.15) is 16.1 Å². The summed E-state index contributed by atoms with van der Waals surface area (Å²) < 4.78 is 0. The van der Waals surface area contributed by atoms with E-state index in [2.05, 4.69) is 34.2 Å². The summed E-state index contributed by atoms with van der Waals surface area (Å²) in [4.78, 5) is 20.7. The molecule has 1 fully saturated rings. The Kier molecular flexibility index (Phi) is 5.05. The Hall–Kier alpha value is -1.50. The van der Waals surface area contributed by atoms with Crippen LogP contribution in [0.5, 0.6) is 0 Å². The van der Waals surface area contributed by atoms with Crippen LogP contribution in [0.4, 0.5) is 0 Å². The molecular weight excluding hydrogens is 254 g/mol. The second-order valence-corrected chi connectivity index (χ2v) is 5.36. The van der Waals surface area contributed by atoms with Gasteiger partial charge in [0.2, 0.25) is 0 Å². The van der Waals surface area contributed by atoms with Crippen molar-refractivity contribution in [3.63, 3.8) is 0 Å². The maximum Gasteiger partial charge on any atom is 0.269 e. The average molecular weight is 277 g/mol. The van der Waals surface area contributed by atoms with Crippen LogP contribution in [0, 0.1) is 0 Å². The highest BCUT2D eigenvalue weighted by atomic mass is 16.1. The molecule has 0 aromatic carbocycles. The van der Waals surface area contributed by atoms with E-state index in [4.69, 9.17) is 5.73 Å². The lowest BCUT2D eigenvalue weighted by molar-refractivity contribution is 0.0877. The fourth-order valence-corrected chi connectivity index (χ4v) is 2.30. The van der Waals surface area contributed by atoms with E-state index in [1.165, 1.54) is 0 Å². The molecule has 0 aliphatic carbocycles. The van der Waals surface area contributed by atoms with Crippen LogP contribution < -0.4 is 11.1 Å². The number of likely N-dealkylation sites (N-methyl/N-ethyl adjacent to an activating group) is 2. The Bertz CT molecular complexity index is 447. The standard InChI is InChI=1S/C14H23N5O/c1-18-5-6-19(2)12(10-18)9-17-14(20)13-4-3-11(7-15)8-16-13/h3-4,8,12H,5-7,9-10,15H2,1-2H3,(H,17,20). The number of hydrogen-bond acceptors (Lipinski definition) is 5. The zero-order valence-corrected chi connectivity index (χ0v) is 12.2. The Balaban J connectivity index is 1.87. The van der Waals surface area contributed by atoms with E-state index >= 15 is 0 Å². The fraction of sp³-hybridized carbons (Fsp3) is 0.571. The molecule has 0 spiro atoms. The molecule has 1 aromatic rings. The lowest BCUT2D eigenvalue weighted by Gasteiger charge is -2.37. The number of piperazine rings is 1. The van der Waals surface area contributed by atoms with Crippen molar-refractivity contribution < 1.29 is 4.79 Å². The summed E-state index contributed by atoms with van der Waals surface area (Å²) >= 11 is 0. The molecule has 0 saturated carbocycles. The SMILES string of the molecule is CN1CCN(C)C(CNC(=O)c2ccc(CN)cn2)C1. The van der Waals surface area contributed by atoms with E-state index < -0.39 is 0 Å². The van der Waals surface area contributed by atoms with Crippen LogP contribution in [0.3, 0.4) is 0 Å². The van der Waals surface area contributed by atoms with Crippen molar-refractivity contribution in [2.24, 2.45) is 5.73 Å². The topological polar surface area (TPSA) is 74.5 Å². The summed E-state index contributed by atoms with van der Waals surface area (Å²) in [6.45, 7) is 4.15. The zero-order valence-electron chi connectivity index (χ0n) is 12.2. The normalized spacial score (nSPS) is 20.9. The van der Waals surface area contributed by atoms with Crippen molar-refractivity contribution in [2.45, 2.75) is 12.6 Å². The molecule has 0 bridgehead atoms. The summed E-state index contributed by atoms with van der Waals surface area (Å²) in [6.07, 6.45) is 1.65. The molecule has 1 amide bonds. The molecular formula is C14H23N5O. The predicted octanol–water partition coefficient (Wildman–Crippen LogP) is -0.484. The van der Waals surface area contributed by atoms with Crippen molar-refractivity contribution in [3.8, 4) is 0 Å². The summed E-state index contributed by atoms with van der Waals surface area (Å²) in [5.41, 5.74) is 6.87.